The summed E-state index contributed by atoms with van der Waals surface area (Å²) in [5, 5.41) is 2.68. The average molecular weight is 343 g/mol. The van der Waals surface area contributed by atoms with Crippen molar-refractivity contribution in [3.05, 3.63) is 54.5 Å². The molecule has 25 heavy (non-hydrogen) atoms. The van der Waals surface area contributed by atoms with Crippen LogP contribution in [-0.4, -0.2) is 22.0 Å². The molecule has 0 bridgehead atoms. The Balaban J connectivity index is 0.00000109. The Labute approximate surface area is 145 Å². The molecule has 3 rings (SSSR count). The summed E-state index contributed by atoms with van der Waals surface area (Å²) >= 11 is 0. The number of nitrogens with two attached hydrogens (primary N) is 1. The van der Waals surface area contributed by atoms with Crippen molar-refractivity contribution in [1.29, 1.82) is 0 Å². The molecule has 0 saturated carbocycles. The van der Waals surface area contributed by atoms with Crippen LogP contribution in [0.1, 0.15) is 13.8 Å². The standard InChI is InChI=1S/C16H13F2N5.C2H6/c1-20-13-5-3-11(17)14(15(13)18)9-2-4-12(21-6-9)10-7-22-16(19)23-8-10;1-2/h2-8,20H,1H3,(H2,19,22,23);1-2H3. The molecule has 0 aliphatic heterocycles. The summed E-state index contributed by atoms with van der Waals surface area (Å²) < 4.78 is 28.3. The summed E-state index contributed by atoms with van der Waals surface area (Å²) in [5.41, 5.74) is 7.12. The molecule has 0 fully saturated rings. The SMILES string of the molecule is CC.CNc1ccc(F)c(-c2ccc(-c3cnc(N)nc3)nc2)c1F. The smallest absolute Gasteiger partial charge is 0.219 e. The molecule has 5 nitrogen and oxygen atoms in total. The second-order valence-corrected chi connectivity index (χ2v) is 4.80. The van der Waals surface area contributed by atoms with Crippen LogP contribution in [0.5, 0.6) is 0 Å². The van der Waals surface area contributed by atoms with Crippen LogP contribution in [0.25, 0.3) is 22.4 Å². The number of benzene rings is 1. The van der Waals surface area contributed by atoms with Crippen molar-refractivity contribution in [3.8, 4) is 22.4 Å². The van der Waals surface area contributed by atoms with Crippen molar-refractivity contribution in [2.75, 3.05) is 18.1 Å². The fraction of sp³-hybridized carbons (Fsp3) is 0.167. The topological polar surface area (TPSA) is 76.7 Å². The lowest BCUT2D eigenvalue weighted by Crippen LogP contribution is -1.98. The monoisotopic (exact) mass is 343 g/mol. The van der Waals surface area contributed by atoms with Crippen molar-refractivity contribution < 1.29 is 8.78 Å². The lowest BCUT2D eigenvalue weighted by molar-refractivity contribution is 0.592. The maximum atomic E-state index is 14.3. The van der Waals surface area contributed by atoms with Crippen LogP contribution in [0.4, 0.5) is 20.4 Å². The van der Waals surface area contributed by atoms with Crippen LogP contribution in [0.2, 0.25) is 0 Å². The van der Waals surface area contributed by atoms with E-state index in [1.807, 2.05) is 13.8 Å². The molecule has 0 aliphatic carbocycles. The van der Waals surface area contributed by atoms with E-state index in [9.17, 15) is 8.78 Å². The van der Waals surface area contributed by atoms with Gasteiger partial charge in [-0.15, -0.1) is 0 Å². The summed E-state index contributed by atoms with van der Waals surface area (Å²) in [4.78, 5) is 12.0. The zero-order valence-electron chi connectivity index (χ0n) is 14.2. The Bertz CT molecular complexity index is 833. The van der Waals surface area contributed by atoms with Crippen molar-refractivity contribution in [2.24, 2.45) is 0 Å². The lowest BCUT2D eigenvalue weighted by Gasteiger charge is -2.10. The van der Waals surface area contributed by atoms with Gasteiger partial charge in [0.2, 0.25) is 5.95 Å². The summed E-state index contributed by atoms with van der Waals surface area (Å²) in [6, 6.07) is 5.81. The Morgan fingerprint density at radius 2 is 1.52 bits per heavy atom. The molecule has 3 aromatic rings. The number of hydrogen-bond donors (Lipinski definition) is 2. The second-order valence-electron chi connectivity index (χ2n) is 4.80. The van der Waals surface area contributed by atoms with Crippen molar-refractivity contribution in [1.82, 2.24) is 15.0 Å². The third kappa shape index (κ3) is 3.88. The normalized spacial score (nSPS) is 9.96. The molecule has 130 valence electrons. The van der Waals surface area contributed by atoms with E-state index in [0.717, 1.165) is 0 Å². The highest BCUT2D eigenvalue weighted by atomic mass is 19.1. The van der Waals surface area contributed by atoms with E-state index in [4.69, 9.17) is 5.73 Å². The molecule has 2 aromatic heterocycles. The number of pyridine rings is 1. The van der Waals surface area contributed by atoms with Crippen LogP contribution in [0.15, 0.2) is 42.9 Å². The number of hydrogen-bond acceptors (Lipinski definition) is 5. The maximum absolute atomic E-state index is 14.3. The highest BCUT2D eigenvalue weighted by Gasteiger charge is 2.15. The molecule has 0 aliphatic rings. The van der Waals surface area contributed by atoms with Gasteiger partial charge in [0.1, 0.15) is 5.82 Å². The summed E-state index contributed by atoms with van der Waals surface area (Å²) in [7, 11) is 1.57. The minimum Gasteiger partial charge on any atom is -0.386 e. The van der Waals surface area contributed by atoms with Gasteiger partial charge in [-0.1, -0.05) is 19.9 Å². The molecule has 3 N–H and O–H groups in total. The number of nitrogen functional groups attached to an aromatic ring is 1. The first kappa shape index (κ1) is 18.3. The molecule has 7 heteroatoms. The molecular formula is C18H19F2N5. The molecule has 0 unspecified atom stereocenters. The first-order valence-corrected chi connectivity index (χ1v) is 7.80. The Hall–Kier alpha value is -3.09. The fourth-order valence-electron chi connectivity index (χ4n) is 2.19. The third-order valence-electron chi connectivity index (χ3n) is 3.38. The van der Waals surface area contributed by atoms with Gasteiger partial charge in [0.15, 0.2) is 5.82 Å². The summed E-state index contributed by atoms with van der Waals surface area (Å²) in [6.45, 7) is 4.00. The van der Waals surface area contributed by atoms with E-state index in [0.29, 0.717) is 16.8 Å². The van der Waals surface area contributed by atoms with Crippen LogP contribution in [0.3, 0.4) is 0 Å². The van der Waals surface area contributed by atoms with E-state index in [-0.39, 0.29) is 17.2 Å². The van der Waals surface area contributed by atoms with Crippen LogP contribution < -0.4 is 11.1 Å². The fourth-order valence-corrected chi connectivity index (χ4v) is 2.19. The molecule has 0 saturated heterocycles. The Kier molecular flexibility index (Phi) is 5.94. The summed E-state index contributed by atoms with van der Waals surface area (Å²) in [6.07, 6.45) is 4.48. The Morgan fingerprint density at radius 3 is 2.08 bits per heavy atom. The molecule has 0 atom stereocenters. The third-order valence-corrected chi connectivity index (χ3v) is 3.38. The van der Waals surface area contributed by atoms with Crippen molar-refractivity contribution in [2.45, 2.75) is 13.8 Å². The number of halogens is 2. The predicted octanol–water partition coefficient (Wildman–Crippen LogP) is 4.13. The van der Waals surface area contributed by atoms with Crippen LogP contribution in [-0.2, 0) is 0 Å². The van der Waals surface area contributed by atoms with Gasteiger partial charge in [-0.05, 0) is 18.2 Å². The highest BCUT2D eigenvalue weighted by molar-refractivity contribution is 5.71. The molecular weight excluding hydrogens is 324 g/mol. The minimum absolute atomic E-state index is 0.121. The van der Waals surface area contributed by atoms with Crippen LogP contribution in [0, 0.1) is 11.6 Å². The van der Waals surface area contributed by atoms with Gasteiger partial charge < -0.3 is 11.1 Å². The summed E-state index contributed by atoms with van der Waals surface area (Å²) in [5.74, 6) is -1.14. The van der Waals surface area contributed by atoms with E-state index < -0.39 is 11.6 Å². The predicted molar refractivity (Wildman–Crippen MR) is 95.9 cm³/mol. The van der Waals surface area contributed by atoms with Crippen molar-refractivity contribution in [3.63, 3.8) is 0 Å². The van der Waals surface area contributed by atoms with Gasteiger partial charge in [0.05, 0.1) is 16.9 Å². The molecule has 0 spiro atoms. The molecule has 1 aromatic carbocycles. The van der Waals surface area contributed by atoms with Crippen LogP contribution >= 0.6 is 0 Å². The van der Waals surface area contributed by atoms with E-state index in [1.165, 1.54) is 30.7 Å². The van der Waals surface area contributed by atoms with Gasteiger partial charge >= 0.3 is 0 Å². The molecule has 0 radical (unpaired) electrons. The van der Waals surface area contributed by atoms with E-state index in [2.05, 4.69) is 20.3 Å². The number of rotatable bonds is 3. The molecule has 0 amide bonds. The number of nitrogens with one attached hydrogen (secondary N) is 1. The average Bonchev–Trinajstić information content (AvgIpc) is 2.65. The lowest BCUT2D eigenvalue weighted by atomic mass is 10.0. The van der Waals surface area contributed by atoms with Gasteiger partial charge in [0, 0.05) is 36.8 Å². The number of nitrogens with zero attached hydrogens (tertiary/aromatic N) is 3. The minimum atomic E-state index is -0.655. The van der Waals surface area contributed by atoms with E-state index in [1.54, 1.807) is 19.2 Å². The number of anilines is 2. The van der Waals surface area contributed by atoms with E-state index >= 15 is 0 Å². The first-order chi connectivity index (χ1) is 12.1. The highest BCUT2D eigenvalue weighted by Crippen LogP contribution is 2.30. The first-order valence-electron chi connectivity index (χ1n) is 7.80. The Morgan fingerprint density at radius 1 is 0.880 bits per heavy atom. The van der Waals surface area contributed by atoms with Gasteiger partial charge in [-0.25, -0.2) is 18.7 Å². The molecule has 2 heterocycles. The number of aromatic nitrogens is 3. The zero-order chi connectivity index (χ0) is 18.4. The maximum Gasteiger partial charge on any atom is 0.219 e. The van der Waals surface area contributed by atoms with Gasteiger partial charge in [-0.3, -0.25) is 4.98 Å². The van der Waals surface area contributed by atoms with Gasteiger partial charge in [0.25, 0.3) is 0 Å². The van der Waals surface area contributed by atoms with Gasteiger partial charge in [-0.2, -0.15) is 0 Å². The zero-order valence-corrected chi connectivity index (χ0v) is 14.2. The largest absolute Gasteiger partial charge is 0.386 e. The second kappa shape index (κ2) is 8.14. The quantitative estimate of drug-likeness (QED) is 0.747. The van der Waals surface area contributed by atoms with Crippen molar-refractivity contribution >= 4 is 11.6 Å².